The average Bonchev–Trinajstić information content (AvgIpc) is 2.61. The molecule has 3 aromatic rings. The molecule has 116 valence electrons. The average molecular weight is 305 g/mol. The fourth-order valence-electron chi connectivity index (χ4n) is 2.63. The highest BCUT2D eigenvalue weighted by atomic mass is 16.5. The van der Waals surface area contributed by atoms with Crippen LogP contribution in [0, 0.1) is 0 Å². The quantitative estimate of drug-likeness (QED) is 0.735. The summed E-state index contributed by atoms with van der Waals surface area (Å²) in [5.74, 6) is -0.373. The fourth-order valence-corrected chi connectivity index (χ4v) is 2.63. The molecule has 3 rings (SSSR count). The van der Waals surface area contributed by atoms with Crippen LogP contribution in [0.15, 0.2) is 72.8 Å². The lowest BCUT2D eigenvalue weighted by atomic mass is 9.99. The summed E-state index contributed by atoms with van der Waals surface area (Å²) in [6.07, 6.45) is 0.467. The van der Waals surface area contributed by atoms with Gasteiger partial charge in [-0.25, -0.2) is 0 Å². The van der Waals surface area contributed by atoms with E-state index in [-0.39, 0.29) is 12.6 Å². The summed E-state index contributed by atoms with van der Waals surface area (Å²) in [7, 11) is 0. The standard InChI is InChI=1S/C20H19NO2/c21-19(20(22)23-14-15-7-2-1-3-8-15)13-17-11-6-10-16-9-4-5-12-18(16)17/h1-12,19H,13-14,21H2/t19-/m0/s1. The van der Waals surface area contributed by atoms with Gasteiger partial charge in [-0.05, 0) is 28.3 Å². The molecule has 3 heteroatoms. The molecule has 0 fully saturated rings. The number of carbonyl (C=O) groups is 1. The Morgan fingerprint density at radius 1 is 0.913 bits per heavy atom. The smallest absolute Gasteiger partial charge is 0.323 e. The summed E-state index contributed by atoms with van der Waals surface area (Å²) >= 11 is 0. The van der Waals surface area contributed by atoms with E-state index in [0.29, 0.717) is 6.42 Å². The van der Waals surface area contributed by atoms with E-state index in [0.717, 1.165) is 21.9 Å². The largest absolute Gasteiger partial charge is 0.460 e. The lowest BCUT2D eigenvalue weighted by Crippen LogP contribution is -2.34. The number of hydrogen-bond acceptors (Lipinski definition) is 3. The predicted molar refractivity (Wildman–Crippen MR) is 91.9 cm³/mol. The molecule has 0 aliphatic heterocycles. The van der Waals surface area contributed by atoms with Gasteiger partial charge in [0.2, 0.25) is 0 Å². The molecular formula is C20H19NO2. The van der Waals surface area contributed by atoms with Crippen molar-refractivity contribution in [2.45, 2.75) is 19.1 Å². The molecular weight excluding hydrogens is 286 g/mol. The van der Waals surface area contributed by atoms with E-state index in [1.54, 1.807) is 0 Å². The predicted octanol–water partition coefficient (Wildman–Crippen LogP) is 3.45. The third-order valence-electron chi connectivity index (χ3n) is 3.85. The summed E-state index contributed by atoms with van der Waals surface area (Å²) in [5.41, 5.74) is 8.05. The zero-order valence-corrected chi connectivity index (χ0v) is 12.8. The fraction of sp³-hybridized carbons (Fsp3) is 0.150. The molecule has 0 aliphatic carbocycles. The van der Waals surface area contributed by atoms with Gasteiger partial charge in [0.15, 0.2) is 0 Å². The maximum Gasteiger partial charge on any atom is 0.323 e. The van der Waals surface area contributed by atoms with Gasteiger partial charge in [0.05, 0.1) is 0 Å². The Morgan fingerprint density at radius 2 is 1.61 bits per heavy atom. The zero-order valence-electron chi connectivity index (χ0n) is 12.8. The topological polar surface area (TPSA) is 52.3 Å². The first kappa shape index (κ1) is 15.3. The lowest BCUT2D eigenvalue weighted by molar-refractivity contribution is -0.146. The van der Waals surface area contributed by atoms with Gasteiger partial charge in [-0.15, -0.1) is 0 Å². The number of hydrogen-bond donors (Lipinski definition) is 1. The molecule has 3 aromatic carbocycles. The second kappa shape index (κ2) is 7.07. The second-order valence-electron chi connectivity index (χ2n) is 5.54. The number of nitrogens with two attached hydrogens (primary N) is 1. The van der Waals surface area contributed by atoms with E-state index in [2.05, 4.69) is 12.1 Å². The Bertz CT molecular complexity index is 794. The molecule has 0 spiro atoms. The van der Waals surface area contributed by atoms with Crippen LogP contribution in [-0.2, 0) is 22.6 Å². The van der Waals surface area contributed by atoms with Gasteiger partial charge >= 0.3 is 5.97 Å². The maximum absolute atomic E-state index is 12.1. The van der Waals surface area contributed by atoms with E-state index in [1.807, 2.05) is 60.7 Å². The van der Waals surface area contributed by atoms with Gasteiger partial charge in [0, 0.05) is 0 Å². The highest BCUT2D eigenvalue weighted by molar-refractivity contribution is 5.86. The number of carbonyl (C=O) groups excluding carboxylic acids is 1. The SMILES string of the molecule is N[C@@H](Cc1cccc2ccccc12)C(=O)OCc1ccccc1. The van der Waals surface area contributed by atoms with Gasteiger partial charge in [0.25, 0.3) is 0 Å². The minimum atomic E-state index is -0.662. The van der Waals surface area contributed by atoms with Gasteiger partial charge in [-0.3, -0.25) is 4.79 Å². The van der Waals surface area contributed by atoms with Crippen LogP contribution in [-0.4, -0.2) is 12.0 Å². The summed E-state index contributed by atoms with van der Waals surface area (Å²) in [4.78, 5) is 12.1. The Balaban J connectivity index is 1.66. The number of esters is 1. The first-order valence-corrected chi connectivity index (χ1v) is 7.67. The van der Waals surface area contributed by atoms with Gasteiger partial charge < -0.3 is 10.5 Å². The molecule has 2 N–H and O–H groups in total. The van der Waals surface area contributed by atoms with E-state index in [9.17, 15) is 4.79 Å². The molecule has 0 aromatic heterocycles. The molecule has 0 aliphatic rings. The zero-order chi connectivity index (χ0) is 16.1. The molecule has 0 amide bonds. The third-order valence-corrected chi connectivity index (χ3v) is 3.85. The van der Waals surface area contributed by atoms with Crippen LogP contribution in [0.3, 0.4) is 0 Å². The van der Waals surface area contributed by atoms with E-state index in [4.69, 9.17) is 10.5 Å². The van der Waals surface area contributed by atoms with Crippen LogP contribution >= 0.6 is 0 Å². The molecule has 0 bridgehead atoms. The Kier molecular flexibility index (Phi) is 4.69. The Labute approximate surface area is 135 Å². The molecule has 0 saturated carbocycles. The minimum Gasteiger partial charge on any atom is -0.460 e. The lowest BCUT2D eigenvalue weighted by Gasteiger charge is -2.13. The van der Waals surface area contributed by atoms with Gasteiger partial charge in [-0.1, -0.05) is 72.8 Å². The first-order chi connectivity index (χ1) is 11.2. The highest BCUT2D eigenvalue weighted by Gasteiger charge is 2.17. The van der Waals surface area contributed by atoms with Crippen molar-refractivity contribution in [1.29, 1.82) is 0 Å². The van der Waals surface area contributed by atoms with Crippen molar-refractivity contribution >= 4 is 16.7 Å². The molecule has 1 atom stereocenters. The second-order valence-corrected chi connectivity index (χ2v) is 5.54. The van der Waals surface area contributed by atoms with Crippen molar-refractivity contribution in [1.82, 2.24) is 0 Å². The first-order valence-electron chi connectivity index (χ1n) is 7.67. The number of fused-ring (bicyclic) bond motifs is 1. The number of rotatable bonds is 5. The van der Waals surface area contributed by atoms with Crippen molar-refractivity contribution in [3.63, 3.8) is 0 Å². The van der Waals surface area contributed by atoms with Crippen molar-refractivity contribution in [2.24, 2.45) is 5.73 Å². The normalized spacial score (nSPS) is 12.0. The molecule has 0 saturated heterocycles. The number of ether oxygens (including phenoxy) is 1. The van der Waals surface area contributed by atoms with Crippen LogP contribution in [0.5, 0.6) is 0 Å². The van der Waals surface area contributed by atoms with Gasteiger partial charge in [-0.2, -0.15) is 0 Å². The third kappa shape index (κ3) is 3.76. The molecule has 0 unspecified atom stereocenters. The summed E-state index contributed by atoms with van der Waals surface area (Å²) in [6.45, 7) is 0.253. The maximum atomic E-state index is 12.1. The van der Waals surface area contributed by atoms with Crippen molar-refractivity contribution in [3.05, 3.63) is 83.9 Å². The van der Waals surface area contributed by atoms with Crippen molar-refractivity contribution < 1.29 is 9.53 Å². The van der Waals surface area contributed by atoms with Crippen LogP contribution in [0.1, 0.15) is 11.1 Å². The van der Waals surface area contributed by atoms with E-state index < -0.39 is 6.04 Å². The summed E-state index contributed by atoms with van der Waals surface area (Å²) < 4.78 is 5.31. The molecule has 0 heterocycles. The van der Waals surface area contributed by atoms with Crippen LogP contribution in [0.25, 0.3) is 10.8 Å². The van der Waals surface area contributed by atoms with Crippen LogP contribution in [0.2, 0.25) is 0 Å². The highest BCUT2D eigenvalue weighted by Crippen LogP contribution is 2.19. The summed E-state index contributed by atoms with van der Waals surface area (Å²) in [6, 6.07) is 23.1. The Hall–Kier alpha value is -2.65. The van der Waals surface area contributed by atoms with Crippen molar-refractivity contribution in [2.75, 3.05) is 0 Å². The monoisotopic (exact) mass is 305 g/mol. The van der Waals surface area contributed by atoms with Gasteiger partial charge in [0.1, 0.15) is 12.6 Å². The van der Waals surface area contributed by atoms with Crippen LogP contribution < -0.4 is 5.73 Å². The Morgan fingerprint density at radius 3 is 2.43 bits per heavy atom. The van der Waals surface area contributed by atoms with Crippen molar-refractivity contribution in [3.8, 4) is 0 Å². The summed E-state index contributed by atoms with van der Waals surface area (Å²) in [5, 5.41) is 2.27. The van der Waals surface area contributed by atoms with Crippen LogP contribution in [0.4, 0.5) is 0 Å². The number of benzene rings is 3. The minimum absolute atomic E-state index is 0.253. The molecule has 0 radical (unpaired) electrons. The molecule has 3 nitrogen and oxygen atoms in total. The van der Waals surface area contributed by atoms with E-state index >= 15 is 0 Å². The van der Waals surface area contributed by atoms with E-state index in [1.165, 1.54) is 0 Å². The molecule has 23 heavy (non-hydrogen) atoms.